The minimum Gasteiger partial charge on any atom is -0.467 e. The maximum Gasteiger partial charge on any atom is 0.410 e. The van der Waals surface area contributed by atoms with Crippen molar-refractivity contribution in [1.29, 1.82) is 0 Å². The predicted octanol–water partition coefficient (Wildman–Crippen LogP) is 2.56. The molecular formula is C14H25NO4Si. The summed E-state index contributed by atoms with van der Waals surface area (Å²) in [6.07, 6.45) is 2.86. The van der Waals surface area contributed by atoms with Crippen LogP contribution < -0.4 is 0 Å². The Morgan fingerprint density at radius 1 is 1.20 bits per heavy atom. The van der Waals surface area contributed by atoms with E-state index in [9.17, 15) is 9.59 Å². The van der Waals surface area contributed by atoms with Crippen LogP contribution in [0.4, 0.5) is 4.79 Å². The maximum absolute atomic E-state index is 12.3. The smallest absolute Gasteiger partial charge is 0.410 e. The van der Waals surface area contributed by atoms with Gasteiger partial charge in [-0.2, -0.15) is 0 Å². The minimum absolute atomic E-state index is 0.299. The summed E-state index contributed by atoms with van der Waals surface area (Å²) in [5.41, 5.74) is -0.537. The highest BCUT2D eigenvalue weighted by molar-refractivity contribution is 6.82. The first-order chi connectivity index (χ1) is 9.26. The SMILES string of the molecule is COC(=O)[C@@H]1C[Si]2(CCCC2)CN1C(=O)OC(C)(C)C. The van der Waals surface area contributed by atoms with Crippen LogP contribution in [0.3, 0.4) is 0 Å². The van der Waals surface area contributed by atoms with Gasteiger partial charge in [-0.1, -0.05) is 24.9 Å². The first-order valence-electron chi connectivity index (χ1n) is 7.34. The number of esters is 1. The van der Waals surface area contributed by atoms with Crippen LogP contribution in [0.15, 0.2) is 0 Å². The molecule has 2 aliphatic heterocycles. The summed E-state index contributed by atoms with van der Waals surface area (Å²) in [6.45, 7) is 5.53. The molecule has 2 heterocycles. The van der Waals surface area contributed by atoms with E-state index in [1.165, 1.54) is 32.0 Å². The molecule has 2 saturated heterocycles. The Labute approximate surface area is 121 Å². The number of carbonyl (C=O) groups excluding carboxylic acids is 2. The van der Waals surface area contributed by atoms with Gasteiger partial charge >= 0.3 is 12.1 Å². The molecule has 0 saturated carbocycles. The van der Waals surface area contributed by atoms with Crippen molar-refractivity contribution in [2.45, 2.75) is 63.4 Å². The Bertz CT molecular complexity index is 398. The second kappa shape index (κ2) is 5.39. The number of ether oxygens (including phenoxy) is 2. The van der Waals surface area contributed by atoms with Gasteiger partial charge in [-0.15, -0.1) is 0 Å². The summed E-state index contributed by atoms with van der Waals surface area (Å²) in [4.78, 5) is 26.0. The fourth-order valence-corrected chi connectivity index (χ4v) is 8.79. The predicted molar refractivity (Wildman–Crippen MR) is 78.2 cm³/mol. The number of hydrogen-bond donors (Lipinski definition) is 0. The van der Waals surface area contributed by atoms with E-state index in [-0.39, 0.29) is 12.1 Å². The number of methoxy groups -OCH3 is 1. The third-order valence-electron chi connectivity index (χ3n) is 4.27. The molecule has 2 fully saturated rings. The largest absolute Gasteiger partial charge is 0.467 e. The quantitative estimate of drug-likeness (QED) is 0.551. The van der Waals surface area contributed by atoms with Crippen LogP contribution in [-0.2, 0) is 14.3 Å². The standard InChI is InChI=1S/C14H25NO4Si/c1-14(2,3)19-13(17)15-10-20(7-5-6-8-20)9-11(15)12(16)18-4/h11H,5-10H2,1-4H3/t11-/m0/s1. The summed E-state index contributed by atoms with van der Waals surface area (Å²) in [7, 11) is -0.103. The average Bonchev–Trinajstić information content (AvgIpc) is 2.94. The highest BCUT2D eigenvalue weighted by Gasteiger charge is 2.52. The molecule has 2 aliphatic rings. The molecule has 1 spiro atoms. The monoisotopic (exact) mass is 299 g/mol. The summed E-state index contributed by atoms with van der Waals surface area (Å²) in [5, 5.41) is 0. The van der Waals surface area contributed by atoms with Crippen LogP contribution in [0.5, 0.6) is 0 Å². The number of carbonyl (C=O) groups is 2. The first kappa shape index (κ1) is 15.3. The van der Waals surface area contributed by atoms with Gasteiger partial charge in [-0.3, -0.25) is 4.90 Å². The molecule has 2 rings (SSSR count). The normalized spacial score (nSPS) is 25.0. The number of rotatable bonds is 1. The Kier molecular flexibility index (Phi) is 4.13. The van der Waals surface area contributed by atoms with E-state index in [1.54, 1.807) is 4.90 Å². The van der Waals surface area contributed by atoms with E-state index < -0.39 is 19.7 Å². The van der Waals surface area contributed by atoms with Crippen LogP contribution in [0.25, 0.3) is 0 Å². The summed E-state index contributed by atoms with van der Waals surface area (Å²) in [6, 6.07) is 2.86. The Morgan fingerprint density at radius 3 is 2.30 bits per heavy atom. The van der Waals surface area contributed by atoms with Gasteiger partial charge in [0.2, 0.25) is 0 Å². The zero-order chi connectivity index (χ0) is 15.0. The van der Waals surface area contributed by atoms with Crippen molar-refractivity contribution in [2.24, 2.45) is 0 Å². The third kappa shape index (κ3) is 3.16. The van der Waals surface area contributed by atoms with Crippen molar-refractivity contribution in [1.82, 2.24) is 4.90 Å². The molecule has 0 aromatic carbocycles. The number of amides is 1. The van der Waals surface area contributed by atoms with Gasteiger partial charge in [0, 0.05) is 6.17 Å². The molecule has 0 radical (unpaired) electrons. The Morgan fingerprint density at radius 2 is 1.80 bits per heavy atom. The summed E-state index contributed by atoms with van der Waals surface area (Å²) >= 11 is 0. The van der Waals surface area contributed by atoms with Crippen molar-refractivity contribution in [2.75, 3.05) is 13.3 Å². The molecule has 0 aliphatic carbocycles. The number of hydrogen-bond acceptors (Lipinski definition) is 4. The van der Waals surface area contributed by atoms with E-state index >= 15 is 0 Å². The number of nitrogens with zero attached hydrogens (tertiary/aromatic N) is 1. The zero-order valence-corrected chi connectivity index (χ0v) is 13.9. The van der Waals surface area contributed by atoms with Crippen molar-refractivity contribution >= 4 is 20.1 Å². The second-order valence-electron chi connectivity index (χ2n) is 7.06. The van der Waals surface area contributed by atoms with Crippen LogP contribution in [-0.4, -0.2) is 50.0 Å². The van der Waals surface area contributed by atoms with Crippen LogP contribution in [0.1, 0.15) is 33.6 Å². The lowest BCUT2D eigenvalue weighted by Gasteiger charge is -2.28. The molecule has 0 aromatic heterocycles. The average molecular weight is 299 g/mol. The fourth-order valence-electron chi connectivity index (χ4n) is 3.40. The molecule has 0 N–H and O–H groups in total. The van der Waals surface area contributed by atoms with E-state index in [1.807, 2.05) is 20.8 Å². The van der Waals surface area contributed by atoms with E-state index in [0.29, 0.717) is 0 Å². The molecule has 1 atom stereocenters. The molecule has 0 aromatic rings. The molecule has 20 heavy (non-hydrogen) atoms. The highest BCUT2D eigenvalue weighted by atomic mass is 28.3. The van der Waals surface area contributed by atoms with Crippen LogP contribution >= 0.6 is 0 Å². The fraction of sp³-hybridized carbons (Fsp3) is 0.857. The minimum atomic E-state index is -1.49. The van der Waals surface area contributed by atoms with Gasteiger partial charge in [0.25, 0.3) is 0 Å². The Hall–Kier alpha value is -1.04. The van der Waals surface area contributed by atoms with Crippen molar-refractivity contribution < 1.29 is 19.1 Å². The molecule has 114 valence electrons. The third-order valence-corrected chi connectivity index (χ3v) is 9.37. The molecule has 5 nitrogen and oxygen atoms in total. The molecule has 6 heteroatoms. The highest BCUT2D eigenvalue weighted by Crippen LogP contribution is 2.41. The van der Waals surface area contributed by atoms with Crippen molar-refractivity contribution in [3.05, 3.63) is 0 Å². The lowest BCUT2D eigenvalue weighted by molar-refractivity contribution is -0.145. The summed E-state index contributed by atoms with van der Waals surface area (Å²) in [5.74, 6) is -0.299. The molecule has 0 unspecified atom stereocenters. The molecular weight excluding hydrogens is 274 g/mol. The van der Waals surface area contributed by atoms with Gasteiger partial charge in [-0.25, -0.2) is 9.59 Å². The van der Waals surface area contributed by atoms with Crippen LogP contribution in [0, 0.1) is 0 Å². The van der Waals surface area contributed by atoms with Crippen molar-refractivity contribution in [3.8, 4) is 0 Å². The van der Waals surface area contributed by atoms with Gasteiger partial charge < -0.3 is 9.47 Å². The van der Waals surface area contributed by atoms with Gasteiger partial charge in [0.15, 0.2) is 0 Å². The van der Waals surface area contributed by atoms with E-state index in [0.717, 1.165) is 12.2 Å². The van der Waals surface area contributed by atoms with E-state index in [2.05, 4.69) is 0 Å². The lowest BCUT2D eigenvalue weighted by Crippen LogP contribution is -2.44. The molecule has 0 bridgehead atoms. The summed E-state index contributed by atoms with van der Waals surface area (Å²) < 4.78 is 10.3. The Balaban J connectivity index is 2.15. The van der Waals surface area contributed by atoms with Gasteiger partial charge in [0.05, 0.1) is 15.2 Å². The molecule has 1 amide bonds. The van der Waals surface area contributed by atoms with Gasteiger partial charge in [0.1, 0.15) is 11.6 Å². The van der Waals surface area contributed by atoms with E-state index in [4.69, 9.17) is 9.47 Å². The zero-order valence-electron chi connectivity index (χ0n) is 12.9. The van der Waals surface area contributed by atoms with Crippen LogP contribution in [0.2, 0.25) is 18.1 Å². The second-order valence-corrected chi connectivity index (χ2v) is 11.8. The topological polar surface area (TPSA) is 55.8 Å². The van der Waals surface area contributed by atoms with Crippen molar-refractivity contribution in [3.63, 3.8) is 0 Å². The first-order valence-corrected chi connectivity index (χ1v) is 10.2. The van der Waals surface area contributed by atoms with Gasteiger partial charge in [-0.05, 0) is 26.8 Å². The lowest BCUT2D eigenvalue weighted by atomic mass is 10.2. The maximum atomic E-state index is 12.3.